The van der Waals surface area contributed by atoms with Crippen molar-refractivity contribution >= 4 is 5.91 Å². The lowest BCUT2D eigenvalue weighted by molar-refractivity contribution is -0.120. The topological polar surface area (TPSA) is 83.5 Å². The van der Waals surface area contributed by atoms with Crippen molar-refractivity contribution in [3.63, 3.8) is 0 Å². The number of nitrogens with one attached hydrogen (secondary N) is 2. The molecule has 1 aliphatic heterocycles. The Balaban J connectivity index is 1.75. The summed E-state index contributed by atoms with van der Waals surface area (Å²) >= 11 is 0. The molecule has 0 radical (unpaired) electrons. The van der Waals surface area contributed by atoms with Crippen LogP contribution in [0.3, 0.4) is 0 Å². The largest absolute Gasteiger partial charge is 0.471 e. The summed E-state index contributed by atoms with van der Waals surface area (Å²) in [5.41, 5.74) is 3.07. The van der Waals surface area contributed by atoms with E-state index in [-0.39, 0.29) is 29.0 Å². The van der Waals surface area contributed by atoms with Crippen molar-refractivity contribution in [2.24, 2.45) is 5.41 Å². The monoisotopic (exact) mass is 453 g/mol. The molecule has 0 saturated carbocycles. The lowest BCUT2D eigenvalue weighted by atomic mass is 9.86. The van der Waals surface area contributed by atoms with Crippen molar-refractivity contribution in [2.45, 2.75) is 84.6 Å². The molecule has 0 saturated heterocycles. The summed E-state index contributed by atoms with van der Waals surface area (Å²) < 4.78 is 6.15. The van der Waals surface area contributed by atoms with E-state index in [9.17, 15) is 9.90 Å². The maximum absolute atomic E-state index is 11.8. The Morgan fingerprint density at radius 3 is 2.58 bits per heavy atom. The molecular formula is C27H39N3O3. The quantitative estimate of drug-likeness (QED) is 0.563. The molecule has 2 aromatic rings. The molecule has 3 N–H and O–H groups in total. The van der Waals surface area contributed by atoms with E-state index in [4.69, 9.17) is 4.74 Å². The van der Waals surface area contributed by atoms with Gasteiger partial charge in [-0.1, -0.05) is 51.1 Å². The van der Waals surface area contributed by atoms with E-state index >= 15 is 0 Å². The van der Waals surface area contributed by atoms with Crippen LogP contribution in [0.15, 0.2) is 42.6 Å². The number of pyridine rings is 1. The average molecular weight is 454 g/mol. The number of aliphatic hydroxyl groups excluding tert-OH is 1. The van der Waals surface area contributed by atoms with E-state index in [1.54, 1.807) is 0 Å². The maximum atomic E-state index is 11.8. The Hall–Kier alpha value is -2.44. The van der Waals surface area contributed by atoms with Crippen LogP contribution in [0.1, 0.15) is 70.7 Å². The second kappa shape index (κ2) is 10.2. The first-order valence-corrected chi connectivity index (χ1v) is 11.8. The summed E-state index contributed by atoms with van der Waals surface area (Å²) in [4.78, 5) is 16.4. The molecule has 0 fully saturated rings. The molecule has 0 bridgehead atoms. The number of aliphatic hydroxyl groups is 1. The van der Waals surface area contributed by atoms with E-state index < -0.39 is 6.10 Å². The van der Waals surface area contributed by atoms with Crippen molar-refractivity contribution in [1.82, 2.24) is 15.6 Å². The van der Waals surface area contributed by atoms with E-state index in [0.717, 1.165) is 24.0 Å². The van der Waals surface area contributed by atoms with Crippen molar-refractivity contribution < 1.29 is 14.6 Å². The van der Waals surface area contributed by atoms with Crippen LogP contribution < -0.4 is 15.4 Å². The number of aromatic nitrogens is 1. The zero-order chi connectivity index (χ0) is 24.2. The fourth-order valence-electron chi connectivity index (χ4n) is 4.46. The number of carbonyl (C=O) groups excluding carboxylic acids is 1. The molecule has 0 spiro atoms. The number of benzene rings is 1. The average Bonchev–Trinajstić information content (AvgIpc) is 2.70. The first kappa shape index (κ1) is 25.2. The molecule has 3 atom stereocenters. The number of fused-ring (bicyclic) bond motifs is 1. The van der Waals surface area contributed by atoms with Crippen LogP contribution in [0.2, 0.25) is 0 Å². The summed E-state index contributed by atoms with van der Waals surface area (Å²) in [5.74, 6) is 0.502. The molecule has 6 nitrogen and oxygen atoms in total. The Morgan fingerprint density at radius 2 is 1.94 bits per heavy atom. The van der Waals surface area contributed by atoms with Crippen molar-refractivity contribution in [2.75, 3.05) is 6.54 Å². The summed E-state index contributed by atoms with van der Waals surface area (Å²) in [6.45, 7) is 12.6. The van der Waals surface area contributed by atoms with Crippen LogP contribution in [-0.4, -0.2) is 40.3 Å². The normalized spacial score (nSPS) is 19.2. The Morgan fingerprint density at radius 1 is 1.24 bits per heavy atom. The number of carbonyl (C=O) groups is 1. The Bertz CT molecular complexity index is 937. The zero-order valence-electron chi connectivity index (χ0n) is 20.8. The van der Waals surface area contributed by atoms with E-state index in [1.165, 1.54) is 12.5 Å². The highest BCUT2D eigenvalue weighted by atomic mass is 16.5. The van der Waals surface area contributed by atoms with Crippen molar-refractivity contribution in [3.8, 4) is 5.88 Å². The second-order valence-corrected chi connectivity index (χ2v) is 11.1. The predicted molar refractivity (Wildman–Crippen MR) is 131 cm³/mol. The standard InChI is InChI=1S/C27H39N3O3/c1-18(31)30-22(13-19-10-8-7-9-11-19)24(32)17-28-23-15-27(5,6)33-25-21(23)12-20(16-29-25)14-26(2,3)4/h7-12,16,22-24,28,32H,13-15,17H2,1-6H3,(H,30,31)/t22-,23-,24-/m0/s1. The molecule has 0 aliphatic carbocycles. The predicted octanol–water partition coefficient (Wildman–Crippen LogP) is 3.97. The van der Waals surface area contributed by atoms with Crippen molar-refractivity contribution in [3.05, 3.63) is 59.3 Å². The van der Waals surface area contributed by atoms with Crippen molar-refractivity contribution in [1.29, 1.82) is 0 Å². The fourth-order valence-corrected chi connectivity index (χ4v) is 4.46. The van der Waals surface area contributed by atoms with E-state index in [1.807, 2.05) is 36.5 Å². The third kappa shape index (κ3) is 7.54. The Kier molecular flexibility index (Phi) is 7.80. The van der Waals surface area contributed by atoms with E-state index in [0.29, 0.717) is 18.8 Å². The molecule has 1 aliphatic rings. The van der Waals surface area contributed by atoms with Gasteiger partial charge in [-0.25, -0.2) is 4.98 Å². The third-order valence-electron chi connectivity index (χ3n) is 5.84. The number of hydrogen-bond donors (Lipinski definition) is 3. The van der Waals surface area contributed by atoms with Gasteiger partial charge in [0.25, 0.3) is 0 Å². The van der Waals surface area contributed by atoms with Gasteiger partial charge in [0, 0.05) is 37.7 Å². The first-order chi connectivity index (χ1) is 15.4. The van der Waals surface area contributed by atoms with E-state index in [2.05, 4.69) is 56.3 Å². The number of nitrogens with zero attached hydrogens (tertiary/aromatic N) is 1. The lowest BCUT2D eigenvalue weighted by Crippen LogP contribution is -2.49. The highest BCUT2D eigenvalue weighted by Crippen LogP contribution is 2.39. The van der Waals surface area contributed by atoms with Gasteiger partial charge in [0.1, 0.15) is 5.60 Å². The summed E-state index contributed by atoms with van der Waals surface area (Å²) in [6, 6.07) is 11.7. The van der Waals surface area contributed by atoms with Crippen LogP contribution in [0.25, 0.3) is 0 Å². The molecule has 1 aromatic heterocycles. The van der Waals surface area contributed by atoms with Crippen LogP contribution in [-0.2, 0) is 17.6 Å². The summed E-state index contributed by atoms with van der Waals surface area (Å²) in [5, 5.41) is 17.5. The van der Waals surface area contributed by atoms with Crippen LogP contribution in [0.5, 0.6) is 5.88 Å². The summed E-state index contributed by atoms with van der Waals surface area (Å²) in [7, 11) is 0. The maximum Gasteiger partial charge on any atom is 0.218 e. The van der Waals surface area contributed by atoms with Gasteiger partial charge in [0.2, 0.25) is 11.8 Å². The van der Waals surface area contributed by atoms with Gasteiger partial charge < -0.3 is 20.5 Å². The minimum Gasteiger partial charge on any atom is -0.471 e. The molecule has 0 unspecified atom stereocenters. The first-order valence-electron chi connectivity index (χ1n) is 11.8. The third-order valence-corrected chi connectivity index (χ3v) is 5.84. The van der Waals surface area contributed by atoms with Crippen LogP contribution in [0, 0.1) is 5.41 Å². The molecule has 180 valence electrons. The molecule has 3 rings (SSSR count). The Labute approximate surface area is 198 Å². The molecule has 6 heteroatoms. The highest BCUT2D eigenvalue weighted by Gasteiger charge is 2.35. The smallest absolute Gasteiger partial charge is 0.218 e. The number of hydrogen-bond acceptors (Lipinski definition) is 5. The molecule has 2 heterocycles. The molecule has 1 aromatic carbocycles. The second-order valence-electron chi connectivity index (χ2n) is 11.1. The number of amides is 1. The van der Waals surface area contributed by atoms with Gasteiger partial charge in [-0.05, 0) is 49.3 Å². The van der Waals surface area contributed by atoms with Gasteiger partial charge in [0.15, 0.2) is 0 Å². The fraction of sp³-hybridized carbons (Fsp3) is 0.556. The van der Waals surface area contributed by atoms with Gasteiger partial charge >= 0.3 is 0 Å². The number of ether oxygens (including phenoxy) is 1. The van der Waals surface area contributed by atoms with Gasteiger partial charge in [0.05, 0.1) is 12.1 Å². The van der Waals surface area contributed by atoms with Gasteiger partial charge in [-0.3, -0.25) is 4.79 Å². The van der Waals surface area contributed by atoms with Crippen LogP contribution >= 0.6 is 0 Å². The number of rotatable bonds is 8. The lowest BCUT2D eigenvalue weighted by Gasteiger charge is -2.38. The molecule has 33 heavy (non-hydrogen) atoms. The zero-order valence-corrected chi connectivity index (χ0v) is 20.8. The SMILES string of the molecule is CC(=O)N[C@@H](Cc1ccccc1)[C@@H](O)CN[C@H]1CC(C)(C)Oc2ncc(CC(C)(C)C)cc21. The van der Waals surface area contributed by atoms with Gasteiger partial charge in [-0.2, -0.15) is 0 Å². The highest BCUT2D eigenvalue weighted by molar-refractivity contribution is 5.73. The van der Waals surface area contributed by atoms with Crippen LogP contribution in [0.4, 0.5) is 0 Å². The molecular weight excluding hydrogens is 414 g/mol. The summed E-state index contributed by atoms with van der Waals surface area (Å²) in [6.07, 6.45) is 3.42. The minimum atomic E-state index is -0.741. The molecule has 1 amide bonds. The minimum absolute atomic E-state index is 0.000483. The van der Waals surface area contributed by atoms with Gasteiger partial charge in [-0.15, -0.1) is 0 Å².